The van der Waals surface area contributed by atoms with Crippen LogP contribution in [0.1, 0.15) is 120 Å². The monoisotopic (exact) mass is 726 g/mol. The zero-order valence-corrected chi connectivity index (χ0v) is 30.3. The number of ketones is 3. The van der Waals surface area contributed by atoms with Gasteiger partial charge in [0.1, 0.15) is 23.6 Å². The number of hydrogen-bond acceptors (Lipinski definition) is 5. The third-order valence-corrected chi connectivity index (χ3v) is 5.43. The molecule has 0 saturated heterocycles. The fourth-order valence-electron chi connectivity index (χ4n) is 2.01. The average molecular weight is 729 g/mol. The third-order valence-electron chi connectivity index (χ3n) is 4.02. The molecule has 0 aliphatic carbocycles. The van der Waals surface area contributed by atoms with Crippen LogP contribution in [0.2, 0.25) is 0 Å². The van der Waals surface area contributed by atoms with Gasteiger partial charge < -0.3 is 24.3 Å². The quantitative estimate of drug-likeness (QED) is 0.0526. The number of allylic oxidation sites excluding steroid dienone is 4. The molecule has 0 aliphatic rings. The van der Waals surface area contributed by atoms with E-state index in [1.807, 2.05) is 26.0 Å². The van der Waals surface area contributed by atoms with Crippen LogP contribution in [0.3, 0.4) is 0 Å². The molecule has 0 radical (unpaired) electrons. The van der Waals surface area contributed by atoms with Crippen molar-refractivity contribution in [1.29, 1.82) is 0 Å². The van der Waals surface area contributed by atoms with E-state index in [1.165, 1.54) is 6.16 Å². The lowest BCUT2D eigenvalue weighted by molar-refractivity contribution is -0.137. The predicted molar refractivity (Wildman–Crippen MR) is 184 cm³/mol. The van der Waals surface area contributed by atoms with Gasteiger partial charge in [0.2, 0.25) is 0 Å². The Hall–Kier alpha value is -1.05. The van der Waals surface area contributed by atoms with Crippen molar-refractivity contribution < 1.29 is 35.2 Å². The zero-order chi connectivity index (χ0) is 30.5. The van der Waals surface area contributed by atoms with Crippen molar-refractivity contribution in [2.75, 3.05) is 18.2 Å². The minimum absolute atomic E-state index is 0. The topological polar surface area (TPSA) is 106 Å². The van der Waals surface area contributed by atoms with Crippen LogP contribution in [-0.4, -0.2) is 52.9 Å². The summed E-state index contributed by atoms with van der Waals surface area (Å²) in [6.07, 6.45) is 20.0. The molecule has 0 aliphatic heterocycles. The predicted octanol–water partition coefficient (Wildman–Crippen LogP) is 9.52. The van der Waals surface area contributed by atoms with Crippen LogP contribution in [-0.2, 0) is 24.0 Å². The molecule has 40 heavy (non-hydrogen) atoms. The fourth-order valence-corrected chi connectivity index (χ4v) is 2.82. The van der Waals surface area contributed by atoms with Gasteiger partial charge in [-0.05, 0) is 78.5 Å². The molecule has 1 unspecified atom stereocenters. The molecule has 0 aromatic rings. The highest BCUT2D eigenvalue weighted by Crippen LogP contribution is 2.05. The van der Waals surface area contributed by atoms with Crippen molar-refractivity contribution in [1.82, 2.24) is 0 Å². The van der Waals surface area contributed by atoms with E-state index in [9.17, 15) is 24.0 Å². The lowest BCUT2D eigenvalue weighted by Crippen LogP contribution is -1.91. The van der Waals surface area contributed by atoms with Gasteiger partial charge in [0, 0.05) is 38.9 Å². The molecule has 0 amide bonds. The largest absolute Gasteiger partial charge is 0.481 e. The van der Waals surface area contributed by atoms with E-state index in [0.717, 1.165) is 65.1 Å². The van der Waals surface area contributed by atoms with Crippen LogP contribution >= 0.6 is 41.5 Å². The van der Waals surface area contributed by atoms with Crippen LogP contribution < -0.4 is 0 Å². The van der Waals surface area contributed by atoms with Gasteiger partial charge in [-0.2, -0.15) is 0 Å². The van der Waals surface area contributed by atoms with Gasteiger partial charge in [0.15, 0.2) is 0 Å². The highest BCUT2D eigenvalue weighted by atomic mass is 79.9. The molecule has 0 rings (SSSR count). The van der Waals surface area contributed by atoms with Gasteiger partial charge >= 0.3 is 5.97 Å². The fraction of sp³-hybridized carbons (Fsp3) is 0.700. The Balaban J connectivity index is -0.0000000550. The van der Waals surface area contributed by atoms with Crippen molar-refractivity contribution in [3.05, 3.63) is 24.3 Å². The summed E-state index contributed by atoms with van der Waals surface area (Å²) < 4.78 is 0. The van der Waals surface area contributed by atoms with Gasteiger partial charge in [-0.15, -0.1) is 25.6 Å². The Bertz CT molecular complexity index is 594. The smallest absolute Gasteiger partial charge is 0.303 e. The van der Waals surface area contributed by atoms with Crippen molar-refractivity contribution in [3.8, 4) is 0 Å². The molecule has 0 bridgehead atoms. The first-order valence-electron chi connectivity index (χ1n) is 13.6. The summed E-state index contributed by atoms with van der Waals surface area (Å²) in [4.78, 5) is 50.2. The number of alkyl halides is 1. The molecule has 6 nitrogen and oxygen atoms in total. The number of Topliss-reactive ketones (excluding diaryl/α,β-unsaturated/α-hetero) is 3. The number of carboxylic acid groups (broad SMARTS) is 1. The molecule has 242 valence electrons. The number of carbonyl (C=O) groups is 5. The first-order valence-corrected chi connectivity index (χ1v) is 16.5. The van der Waals surface area contributed by atoms with Crippen LogP contribution in [0.5, 0.6) is 0 Å². The number of aliphatic carboxylic acids is 1. The van der Waals surface area contributed by atoms with Crippen molar-refractivity contribution in [3.63, 3.8) is 0 Å². The van der Waals surface area contributed by atoms with Gasteiger partial charge in [0.05, 0.1) is 0 Å². The normalized spacial score (nSPS) is 9.30. The molecule has 1 atom stereocenters. The van der Waals surface area contributed by atoms with Gasteiger partial charge in [-0.1, -0.05) is 61.0 Å². The second-order valence-electron chi connectivity index (χ2n) is 8.29. The number of carboxylic acids is 1. The Labute approximate surface area is 266 Å². The summed E-state index contributed by atoms with van der Waals surface area (Å²) in [7, 11) is 1.01. The van der Waals surface area contributed by atoms with Crippen LogP contribution in [0.25, 0.3) is 0 Å². The van der Waals surface area contributed by atoms with E-state index in [-0.39, 0.29) is 41.1 Å². The van der Waals surface area contributed by atoms with E-state index in [0.29, 0.717) is 31.5 Å². The standard InChI is InChI=1S/C8H14O.C7H12O2.C6H13OP.C5H9BrO.C4H8O.BrH.FH.H2/c1-3-4-5-6-7-8(2)9;1-2-3-4-5-6-7(8)9;1-6(7)4-3-5-8-2;1-5(7)3-2-4-6;1-2-3-4-5;;;/h4-5H,3,6-7H2,1-2H3;3-4H,2,5-6H2,1H3,(H,8,9);8H,3-5H2,1-2H3;2-4H2,1H3;4H,2-3H2,1H3;3*1H/b5-4+;4-3+;;;;;;/i;;;;;;;1+2. The SMILES string of the molecule is Br.CC(=O)CCCBr.CC/C=C/CCC(=O)O.CC/C=C/CCC(C)=O.CCCC=O.CPCCCC(C)=O.F.[3HH]. The molecular weight excluding hydrogens is 666 g/mol. The number of halogens is 3. The number of hydrogen-bond donors (Lipinski definition) is 1. The summed E-state index contributed by atoms with van der Waals surface area (Å²) in [5, 5.41) is 9.12. The van der Waals surface area contributed by atoms with E-state index >= 15 is 0 Å². The van der Waals surface area contributed by atoms with Gasteiger partial charge in [-0.25, -0.2) is 0 Å². The maximum absolute atomic E-state index is 10.4. The second kappa shape index (κ2) is 54.1. The summed E-state index contributed by atoms with van der Waals surface area (Å²) in [6.45, 7) is 13.2. The molecule has 1 N–H and O–H groups in total. The first-order chi connectivity index (χ1) is 18.0. The highest BCUT2D eigenvalue weighted by molar-refractivity contribution is 9.09. The summed E-state index contributed by atoms with van der Waals surface area (Å²) in [5.41, 5.74) is 0. The lowest BCUT2D eigenvalue weighted by atomic mass is 10.2. The van der Waals surface area contributed by atoms with E-state index < -0.39 is 5.97 Å². The number of aldehydes is 1. The van der Waals surface area contributed by atoms with Crippen molar-refractivity contribution >= 4 is 71.1 Å². The van der Waals surface area contributed by atoms with Gasteiger partial charge in [0.25, 0.3) is 0 Å². The Morgan fingerprint density at radius 1 is 0.750 bits per heavy atom. The average Bonchev–Trinajstić information content (AvgIpc) is 2.85. The molecule has 0 heterocycles. The molecule has 0 aromatic heterocycles. The summed E-state index contributed by atoms with van der Waals surface area (Å²) >= 11 is 3.23. The first kappa shape index (κ1) is 55.0. The third kappa shape index (κ3) is 99.1. The zero-order valence-electron chi connectivity index (χ0n) is 26.0. The number of carbonyl (C=O) groups excluding carboxylic acids is 4. The second-order valence-corrected chi connectivity index (χ2v) is 10.3. The maximum Gasteiger partial charge on any atom is 0.303 e. The molecule has 10 heteroatoms. The van der Waals surface area contributed by atoms with E-state index in [4.69, 9.17) is 5.11 Å². The highest BCUT2D eigenvalue weighted by Gasteiger charge is 1.91. The van der Waals surface area contributed by atoms with Crippen LogP contribution in [0.4, 0.5) is 4.70 Å². The maximum atomic E-state index is 10.4. The minimum atomic E-state index is -0.726. The number of rotatable bonds is 17. The number of unbranched alkanes of at least 4 members (excludes halogenated alkanes) is 1. The van der Waals surface area contributed by atoms with Crippen molar-refractivity contribution in [2.24, 2.45) is 0 Å². The van der Waals surface area contributed by atoms with E-state index in [2.05, 4.69) is 41.7 Å². The molecule has 0 fully saturated rings. The summed E-state index contributed by atoms with van der Waals surface area (Å²) in [5.74, 6) is 0.147. The van der Waals surface area contributed by atoms with Gasteiger partial charge in [-0.3, -0.25) is 9.50 Å². The molecule has 0 saturated carbocycles. The summed E-state index contributed by atoms with van der Waals surface area (Å²) in [6, 6.07) is 0. The minimum Gasteiger partial charge on any atom is -0.481 e. The van der Waals surface area contributed by atoms with Crippen LogP contribution in [0.15, 0.2) is 24.3 Å². The van der Waals surface area contributed by atoms with Crippen LogP contribution in [0, 0.1) is 0 Å². The Morgan fingerprint density at radius 3 is 1.43 bits per heavy atom. The molecule has 0 aromatic carbocycles. The van der Waals surface area contributed by atoms with Crippen molar-refractivity contribution in [2.45, 2.75) is 119 Å². The molecular formula is C30H60Br2FO6P. The lowest BCUT2D eigenvalue weighted by Gasteiger charge is -1.91. The Morgan fingerprint density at radius 2 is 1.18 bits per heavy atom. The Kier molecular flexibility index (Phi) is 74.3. The van der Waals surface area contributed by atoms with E-state index in [1.54, 1.807) is 20.8 Å². The molecule has 0 spiro atoms.